The number of nitrogen functional groups attached to an aromatic ring is 1. The van der Waals surface area contributed by atoms with Crippen LogP contribution in [0.5, 0.6) is 5.75 Å². The molecule has 0 unspecified atom stereocenters. The maximum atomic E-state index is 12.4. The molecule has 0 spiro atoms. The normalized spacial score (nSPS) is 11.4. The van der Waals surface area contributed by atoms with E-state index in [-0.39, 0.29) is 16.2 Å². The highest BCUT2D eigenvalue weighted by molar-refractivity contribution is 7.89. The van der Waals surface area contributed by atoms with Crippen molar-refractivity contribution in [3.05, 3.63) is 60.2 Å². The van der Waals surface area contributed by atoms with Crippen LogP contribution in [0.2, 0.25) is 0 Å². The van der Waals surface area contributed by atoms with Gasteiger partial charge in [-0.3, -0.25) is 4.79 Å². The zero-order chi connectivity index (χ0) is 18.2. The van der Waals surface area contributed by atoms with Crippen molar-refractivity contribution in [2.75, 3.05) is 11.1 Å². The van der Waals surface area contributed by atoms with Crippen LogP contribution in [-0.4, -0.2) is 19.4 Å². The zero-order valence-corrected chi connectivity index (χ0v) is 13.7. The van der Waals surface area contributed by atoms with E-state index < -0.39 is 15.9 Å². The van der Waals surface area contributed by atoms with Gasteiger partial charge in [-0.1, -0.05) is 24.3 Å². The first-order chi connectivity index (χ1) is 11.8. The Labute approximate surface area is 143 Å². The van der Waals surface area contributed by atoms with E-state index in [1.807, 2.05) is 0 Å². The number of anilines is 2. The number of carbonyl (C=O) groups is 1. The number of fused-ring (bicyclic) bond motifs is 1. The average Bonchev–Trinajstić information content (AvgIpc) is 2.58. The van der Waals surface area contributed by atoms with Crippen molar-refractivity contribution in [1.82, 2.24) is 0 Å². The number of hydrogen-bond donors (Lipinski definition) is 4. The van der Waals surface area contributed by atoms with Crippen molar-refractivity contribution in [3.8, 4) is 5.75 Å². The third-order valence-electron chi connectivity index (χ3n) is 3.73. The van der Waals surface area contributed by atoms with Crippen molar-refractivity contribution >= 4 is 38.1 Å². The van der Waals surface area contributed by atoms with Crippen LogP contribution in [-0.2, 0) is 10.0 Å². The molecule has 25 heavy (non-hydrogen) atoms. The molecular formula is C17H15N3O4S. The van der Waals surface area contributed by atoms with Crippen molar-refractivity contribution < 1.29 is 18.3 Å². The summed E-state index contributed by atoms with van der Waals surface area (Å²) in [5, 5.41) is 19.1. The molecular weight excluding hydrogens is 342 g/mol. The smallest absolute Gasteiger partial charge is 0.259 e. The Morgan fingerprint density at radius 1 is 1.00 bits per heavy atom. The molecule has 128 valence electrons. The van der Waals surface area contributed by atoms with Crippen LogP contribution < -0.4 is 16.2 Å². The lowest BCUT2D eigenvalue weighted by molar-refractivity contribution is 0.102. The fourth-order valence-electron chi connectivity index (χ4n) is 2.49. The highest BCUT2D eigenvalue weighted by Crippen LogP contribution is 2.33. The molecule has 0 aliphatic heterocycles. The Hall–Kier alpha value is -3.10. The van der Waals surface area contributed by atoms with Crippen LogP contribution in [0.3, 0.4) is 0 Å². The maximum absolute atomic E-state index is 12.4. The predicted molar refractivity (Wildman–Crippen MR) is 95.8 cm³/mol. The molecule has 0 aliphatic rings. The van der Waals surface area contributed by atoms with Crippen LogP contribution in [0.25, 0.3) is 10.8 Å². The fourth-order valence-corrected chi connectivity index (χ4v) is 3.00. The molecule has 0 aromatic heterocycles. The molecule has 6 N–H and O–H groups in total. The van der Waals surface area contributed by atoms with E-state index in [2.05, 4.69) is 5.32 Å². The second-order valence-corrected chi connectivity index (χ2v) is 6.99. The van der Waals surface area contributed by atoms with Gasteiger partial charge in [-0.25, -0.2) is 13.6 Å². The molecule has 0 atom stereocenters. The van der Waals surface area contributed by atoms with E-state index in [1.165, 1.54) is 30.3 Å². The quantitative estimate of drug-likeness (QED) is 0.420. The van der Waals surface area contributed by atoms with Crippen molar-refractivity contribution in [2.45, 2.75) is 4.90 Å². The third kappa shape index (κ3) is 3.25. The second-order valence-electron chi connectivity index (χ2n) is 5.43. The van der Waals surface area contributed by atoms with Gasteiger partial charge in [-0.2, -0.15) is 0 Å². The Kier molecular flexibility index (Phi) is 4.07. The summed E-state index contributed by atoms with van der Waals surface area (Å²) in [6.07, 6.45) is 0. The number of phenolic OH excluding ortho intramolecular Hbond substituents is 1. The summed E-state index contributed by atoms with van der Waals surface area (Å²) in [4.78, 5) is 12.4. The molecule has 3 aromatic carbocycles. The number of rotatable bonds is 3. The van der Waals surface area contributed by atoms with Gasteiger partial charge in [0, 0.05) is 22.1 Å². The van der Waals surface area contributed by atoms with Gasteiger partial charge in [0.2, 0.25) is 10.0 Å². The van der Waals surface area contributed by atoms with Gasteiger partial charge in [0.15, 0.2) is 0 Å². The predicted octanol–water partition coefficient (Wildman–Crippen LogP) is 2.03. The Morgan fingerprint density at radius 3 is 2.20 bits per heavy atom. The number of nitrogens with one attached hydrogen (secondary N) is 1. The first-order valence-corrected chi connectivity index (χ1v) is 8.76. The SMILES string of the molecule is Nc1cc(C(=O)Nc2ccc(S(N)(=O)=O)cc2)c(O)c2ccccc12. The topological polar surface area (TPSA) is 136 Å². The van der Waals surface area contributed by atoms with Gasteiger partial charge in [0.25, 0.3) is 5.91 Å². The lowest BCUT2D eigenvalue weighted by Gasteiger charge is -2.11. The molecule has 0 saturated carbocycles. The van der Waals surface area contributed by atoms with Gasteiger partial charge in [-0.15, -0.1) is 0 Å². The van der Waals surface area contributed by atoms with E-state index >= 15 is 0 Å². The summed E-state index contributed by atoms with van der Waals surface area (Å²) in [5.74, 6) is -0.748. The minimum Gasteiger partial charge on any atom is -0.506 e. The van der Waals surface area contributed by atoms with Crippen LogP contribution in [0.1, 0.15) is 10.4 Å². The van der Waals surface area contributed by atoms with Gasteiger partial charge in [-0.05, 0) is 30.3 Å². The highest BCUT2D eigenvalue weighted by Gasteiger charge is 2.16. The summed E-state index contributed by atoms with van der Waals surface area (Å²) < 4.78 is 22.5. The standard InChI is InChI=1S/C17H15N3O4S/c18-15-9-14(16(21)13-4-2-1-3-12(13)15)17(22)20-10-5-7-11(8-6-10)25(19,23)24/h1-9,21H,18H2,(H,20,22)(H2,19,23,24). The maximum Gasteiger partial charge on any atom is 0.259 e. The molecule has 0 saturated heterocycles. The molecule has 0 heterocycles. The Balaban J connectivity index is 1.94. The summed E-state index contributed by atoms with van der Waals surface area (Å²) in [5.41, 5.74) is 6.69. The monoisotopic (exact) mass is 357 g/mol. The van der Waals surface area contributed by atoms with Gasteiger partial charge >= 0.3 is 0 Å². The molecule has 8 heteroatoms. The Bertz CT molecular complexity index is 1080. The zero-order valence-electron chi connectivity index (χ0n) is 12.9. The first kappa shape index (κ1) is 16.7. The minimum absolute atomic E-state index is 0.0201. The number of carbonyl (C=O) groups excluding carboxylic acids is 1. The third-order valence-corrected chi connectivity index (χ3v) is 4.66. The van der Waals surface area contributed by atoms with E-state index in [0.29, 0.717) is 22.1 Å². The van der Waals surface area contributed by atoms with Crippen LogP contribution >= 0.6 is 0 Å². The average molecular weight is 357 g/mol. The summed E-state index contributed by atoms with van der Waals surface area (Å²) in [7, 11) is -3.81. The number of nitrogens with two attached hydrogens (primary N) is 2. The molecule has 1 amide bonds. The largest absolute Gasteiger partial charge is 0.506 e. The number of aromatic hydroxyl groups is 1. The highest BCUT2D eigenvalue weighted by atomic mass is 32.2. The molecule has 0 fully saturated rings. The van der Waals surface area contributed by atoms with Crippen molar-refractivity contribution in [3.63, 3.8) is 0 Å². The van der Waals surface area contributed by atoms with Gasteiger partial charge in [0.05, 0.1) is 10.5 Å². The van der Waals surface area contributed by atoms with E-state index in [4.69, 9.17) is 10.9 Å². The number of sulfonamides is 1. The molecule has 0 radical (unpaired) electrons. The summed E-state index contributed by atoms with van der Waals surface area (Å²) in [6.45, 7) is 0. The van der Waals surface area contributed by atoms with Crippen molar-refractivity contribution in [1.29, 1.82) is 0 Å². The molecule has 0 aliphatic carbocycles. The second kappa shape index (κ2) is 6.08. The lowest BCUT2D eigenvalue weighted by atomic mass is 10.0. The van der Waals surface area contributed by atoms with Crippen molar-refractivity contribution in [2.24, 2.45) is 5.14 Å². The number of benzene rings is 3. The first-order valence-electron chi connectivity index (χ1n) is 7.22. The summed E-state index contributed by atoms with van der Waals surface area (Å²) >= 11 is 0. The van der Waals surface area contributed by atoms with Crippen LogP contribution in [0.4, 0.5) is 11.4 Å². The van der Waals surface area contributed by atoms with Crippen LogP contribution in [0, 0.1) is 0 Å². The van der Waals surface area contributed by atoms with E-state index in [1.54, 1.807) is 24.3 Å². The number of hydrogen-bond acceptors (Lipinski definition) is 5. The lowest BCUT2D eigenvalue weighted by Crippen LogP contribution is -2.14. The summed E-state index contributed by atoms with van der Waals surface area (Å²) in [6, 6.07) is 13.7. The molecule has 3 aromatic rings. The number of phenols is 1. The Morgan fingerprint density at radius 2 is 1.60 bits per heavy atom. The van der Waals surface area contributed by atoms with Crippen LogP contribution in [0.15, 0.2) is 59.5 Å². The minimum atomic E-state index is -3.81. The van der Waals surface area contributed by atoms with Gasteiger partial charge < -0.3 is 16.2 Å². The molecule has 7 nitrogen and oxygen atoms in total. The van der Waals surface area contributed by atoms with E-state index in [0.717, 1.165) is 0 Å². The van der Waals surface area contributed by atoms with Gasteiger partial charge in [0.1, 0.15) is 5.75 Å². The van der Waals surface area contributed by atoms with E-state index in [9.17, 15) is 18.3 Å². The molecule has 3 rings (SSSR count). The molecule has 0 bridgehead atoms. The number of primary sulfonamides is 1. The number of amides is 1. The fraction of sp³-hybridized carbons (Fsp3) is 0.